The molecule has 2 aromatic rings. The Hall–Kier alpha value is -1.50. The van der Waals surface area contributed by atoms with Crippen molar-refractivity contribution in [2.75, 3.05) is 19.6 Å². The van der Waals surface area contributed by atoms with Crippen LogP contribution in [0, 0.1) is 5.82 Å². The average molecular weight is 341 g/mol. The van der Waals surface area contributed by atoms with E-state index in [0.29, 0.717) is 12.4 Å². The van der Waals surface area contributed by atoms with Crippen LogP contribution in [0.2, 0.25) is 0 Å². The van der Waals surface area contributed by atoms with Crippen molar-refractivity contribution in [2.45, 2.75) is 32.4 Å². The molecule has 3 rings (SSSR count). The molecule has 1 unspecified atom stereocenters. The van der Waals surface area contributed by atoms with Crippen molar-refractivity contribution in [1.82, 2.24) is 20.4 Å². The predicted molar refractivity (Wildman–Crippen MR) is 88.1 cm³/mol. The van der Waals surface area contributed by atoms with Gasteiger partial charge in [0, 0.05) is 31.6 Å². The molecule has 1 aromatic carbocycles. The Morgan fingerprint density at radius 2 is 2.26 bits per heavy atom. The van der Waals surface area contributed by atoms with Gasteiger partial charge in [0.15, 0.2) is 5.82 Å². The summed E-state index contributed by atoms with van der Waals surface area (Å²) in [4.78, 5) is 6.69. The van der Waals surface area contributed by atoms with Gasteiger partial charge < -0.3 is 9.84 Å². The maximum absolute atomic E-state index is 13.5. The molecule has 0 bridgehead atoms. The van der Waals surface area contributed by atoms with Gasteiger partial charge in [-0.1, -0.05) is 31.1 Å². The number of benzene rings is 1. The first-order valence-electron chi connectivity index (χ1n) is 7.66. The van der Waals surface area contributed by atoms with Crippen LogP contribution in [0.1, 0.15) is 43.1 Å². The fourth-order valence-corrected chi connectivity index (χ4v) is 2.72. The second-order valence-corrected chi connectivity index (χ2v) is 5.95. The molecule has 2 heterocycles. The lowest BCUT2D eigenvalue weighted by molar-refractivity contribution is 0.135. The molecule has 1 N–H and O–H groups in total. The highest BCUT2D eigenvalue weighted by Crippen LogP contribution is 2.24. The lowest BCUT2D eigenvalue weighted by atomic mass is 10.0. The van der Waals surface area contributed by atoms with Gasteiger partial charge in [0.2, 0.25) is 5.89 Å². The lowest BCUT2D eigenvalue weighted by Gasteiger charge is -2.35. The number of rotatable bonds is 4. The maximum atomic E-state index is 13.5. The Morgan fingerprint density at radius 3 is 2.96 bits per heavy atom. The van der Waals surface area contributed by atoms with Crippen LogP contribution in [0.15, 0.2) is 28.8 Å². The second kappa shape index (κ2) is 7.86. The Bertz CT molecular complexity index is 634. The number of halogens is 2. The third kappa shape index (κ3) is 4.28. The summed E-state index contributed by atoms with van der Waals surface area (Å²) in [5, 5.41) is 7.37. The monoisotopic (exact) mass is 340 g/mol. The SMILES string of the molecule is CC(C)c1noc(CN2CCNCC2c2cccc(F)c2)n1.Cl. The minimum absolute atomic E-state index is 0. The van der Waals surface area contributed by atoms with E-state index in [-0.39, 0.29) is 30.2 Å². The van der Waals surface area contributed by atoms with Crippen LogP contribution in [0.4, 0.5) is 4.39 Å². The molecule has 7 heteroatoms. The molecule has 0 aliphatic carbocycles. The minimum atomic E-state index is -0.206. The number of aromatic nitrogens is 2. The summed E-state index contributed by atoms with van der Waals surface area (Å²) < 4.78 is 18.8. The largest absolute Gasteiger partial charge is 0.338 e. The third-order valence-electron chi connectivity index (χ3n) is 3.93. The summed E-state index contributed by atoms with van der Waals surface area (Å²) in [7, 11) is 0. The van der Waals surface area contributed by atoms with Crippen molar-refractivity contribution in [2.24, 2.45) is 0 Å². The van der Waals surface area contributed by atoms with Crippen LogP contribution in [0.5, 0.6) is 0 Å². The molecular weight excluding hydrogens is 319 g/mol. The number of nitrogens with one attached hydrogen (secondary N) is 1. The van der Waals surface area contributed by atoms with Crippen LogP contribution in [0.25, 0.3) is 0 Å². The molecule has 0 radical (unpaired) electrons. The second-order valence-electron chi connectivity index (χ2n) is 5.95. The summed E-state index contributed by atoms with van der Waals surface area (Å²) in [6.07, 6.45) is 0. The van der Waals surface area contributed by atoms with Crippen molar-refractivity contribution in [3.05, 3.63) is 47.4 Å². The highest BCUT2D eigenvalue weighted by Gasteiger charge is 2.26. The van der Waals surface area contributed by atoms with E-state index in [1.54, 1.807) is 12.1 Å². The van der Waals surface area contributed by atoms with E-state index < -0.39 is 0 Å². The molecular formula is C16H22ClFN4O. The van der Waals surface area contributed by atoms with E-state index in [4.69, 9.17) is 4.52 Å². The number of hydrogen-bond donors (Lipinski definition) is 1. The van der Waals surface area contributed by atoms with E-state index in [9.17, 15) is 4.39 Å². The quantitative estimate of drug-likeness (QED) is 0.927. The van der Waals surface area contributed by atoms with Crippen molar-refractivity contribution in [3.63, 3.8) is 0 Å². The number of hydrogen-bond acceptors (Lipinski definition) is 5. The van der Waals surface area contributed by atoms with Gasteiger partial charge in [-0.2, -0.15) is 4.98 Å². The molecule has 23 heavy (non-hydrogen) atoms. The molecule has 0 spiro atoms. The zero-order chi connectivity index (χ0) is 15.5. The maximum Gasteiger partial charge on any atom is 0.240 e. The average Bonchev–Trinajstić information content (AvgIpc) is 2.97. The normalized spacial score (nSPS) is 18.9. The highest BCUT2D eigenvalue weighted by molar-refractivity contribution is 5.85. The molecule has 0 amide bonds. The van der Waals surface area contributed by atoms with Crippen LogP contribution in [-0.4, -0.2) is 34.7 Å². The van der Waals surface area contributed by atoms with Gasteiger partial charge in [-0.25, -0.2) is 4.39 Å². The smallest absolute Gasteiger partial charge is 0.240 e. The third-order valence-corrected chi connectivity index (χ3v) is 3.93. The van der Waals surface area contributed by atoms with E-state index in [1.807, 2.05) is 19.9 Å². The predicted octanol–water partition coefficient (Wildman–Crippen LogP) is 2.90. The zero-order valence-electron chi connectivity index (χ0n) is 13.3. The summed E-state index contributed by atoms with van der Waals surface area (Å²) >= 11 is 0. The standard InChI is InChI=1S/C16H21FN4O.ClH/c1-11(2)16-19-15(22-20-16)10-21-7-6-18-9-14(21)12-4-3-5-13(17)8-12;/h3-5,8,11,14,18H,6-7,9-10H2,1-2H3;1H. The van der Waals surface area contributed by atoms with Gasteiger partial charge in [-0.3, -0.25) is 4.90 Å². The van der Waals surface area contributed by atoms with Gasteiger partial charge >= 0.3 is 0 Å². The van der Waals surface area contributed by atoms with Crippen molar-refractivity contribution in [1.29, 1.82) is 0 Å². The molecule has 1 aliphatic heterocycles. The Morgan fingerprint density at radius 1 is 1.43 bits per heavy atom. The first-order chi connectivity index (χ1) is 10.6. The molecule has 1 saturated heterocycles. The van der Waals surface area contributed by atoms with Crippen molar-refractivity contribution < 1.29 is 8.91 Å². The minimum Gasteiger partial charge on any atom is -0.338 e. The first-order valence-corrected chi connectivity index (χ1v) is 7.66. The molecule has 0 saturated carbocycles. The molecule has 1 aromatic heterocycles. The Kier molecular flexibility index (Phi) is 6.10. The van der Waals surface area contributed by atoms with E-state index in [2.05, 4.69) is 20.4 Å². The van der Waals surface area contributed by atoms with Crippen LogP contribution < -0.4 is 5.32 Å². The van der Waals surface area contributed by atoms with Crippen LogP contribution in [0.3, 0.4) is 0 Å². The van der Waals surface area contributed by atoms with E-state index in [1.165, 1.54) is 6.07 Å². The van der Waals surface area contributed by atoms with Gasteiger partial charge in [-0.15, -0.1) is 12.4 Å². The van der Waals surface area contributed by atoms with Gasteiger partial charge in [0.1, 0.15) is 5.82 Å². The van der Waals surface area contributed by atoms with Crippen molar-refractivity contribution in [3.8, 4) is 0 Å². The molecule has 1 fully saturated rings. The zero-order valence-corrected chi connectivity index (χ0v) is 14.1. The molecule has 1 atom stereocenters. The summed E-state index contributed by atoms with van der Waals surface area (Å²) in [5.41, 5.74) is 0.968. The van der Waals surface area contributed by atoms with Crippen LogP contribution in [-0.2, 0) is 6.54 Å². The van der Waals surface area contributed by atoms with E-state index >= 15 is 0 Å². The fraction of sp³-hybridized carbons (Fsp3) is 0.500. The summed E-state index contributed by atoms with van der Waals surface area (Å²) in [6, 6.07) is 6.89. The first kappa shape index (κ1) is 17.8. The summed E-state index contributed by atoms with van der Waals surface area (Å²) in [6.45, 7) is 7.21. The Labute approximate surface area is 141 Å². The van der Waals surface area contributed by atoms with Gasteiger partial charge in [0.05, 0.1) is 6.54 Å². The highest BCUT2D eigenvalue weighted by atomic mass is 35.5. The number of nitrogens with zero attached hydrogens (tertiary/aromatic N) is 3. The topological polar surface area (TPSA) is 54.2 Å². The van der Waals surface area contributed by atoms with E-state index in [0.717, 1.165) is 31.0 Å². The lowest BCUT2D eigenvalue weighted by Crippen LogP contribution is -2.45. The summed E-state index contributed by atoms with van der Waals surface area (Å²) in [5.74, 6) is 1.39. The molecule has 1 aliphatic rings. The van der Waals surface area contributed by atoms with Crippen molar-refractivity contribution >= 4 is 12.4 Å². The number of piperazine rings is 1. The molecule has 126 valence electrons. The fourth-order valence-electron chi connectivity index (χ4n) is 2.72. The van der Waals surface area contributed by atoms with Gasteiger partial charge in [-0.05, 0) is 17.7 Å². The van der Waals surface area contributed by atoms with Crippen LogP contribution >= 0.6 is 12.4 Å². The van der Waals surface area contributed by atoms with Gasteiger partial charge in [0.25, 0.3) is 0 Å². The Balaban J connectivity index is 0.00000192. The molecule has 5 nitrogen and oxygen atoms in total.